The van der Waals surface area contributed by atoms with Gasteiger partial charge in [0.05, 0.1) is 0 Å². The van der Waals surface area contributed by atoms with Crippen LogP contribution in [0, 0.1) is 0 Å². The van der Waals surface area contributed by atoms with Crippen LogP contribution in [0.2, 0.25) is 0 Å². The minimum absolute atomic E-state index is 0.395. The van der Waals surface area contributed by atoms with Crippen LogP contribution in [0.4, 0.5) is 0 Å². The van der Waals surface area contributed by atoms with E-state index in [9.17, 15) is 0 Å². The number of unbranched alkanes of at least 4 members (excludes halogenated alkanes) is 2. The third-order valence-electron chi connectivity index (χ3n) is 5.68. The minimum atomic E-state index is -4.43. The van der Waals surface area contributed by atoms with Crippen molar-refractivity contribution in [3.8, 4) is 0 Å². The summed E-state index contributed by atoms with van der Waals surface area (Å²) in [6, 6.07) is 0. The molecule has 2 aliphatic heterocycles. The van der Waals surface area contributed by atoms with Crippen molar-refractivity contribution in [2.75, 3.05) is 39.3 Å². The Morgan fingerprint density at radius 3 is 1.03 bits per heavy atom. The van der Waals surface area contributed by atoms with Crippen molar-refractivity contribution in [1.29, 1.82) is 0 Å². The summed E-state index contributed by atoms with van der Waals surface area (Å²) in [4.78, 5) is 4.96. The summed E-state index contributed by atoms with van der Waals surface area (Å²) in [7, 11) is 0. The van der Waals surface area contributed by atoms with Gasteiger partial charge in [-0.25, -0.2) is 0 Å². The second-order valence-corrected chi connectivity index (χ2v) is 17.3. The van der Waals surface area contributed by atoms with E-state index in [-0.39, 0.29) is 0 Å². The molecule has 1 spiro atoms. The van der Waals surface area contributed by atoms with E-state index in [1.165, 1.54) is 25.7 Å². The van der Waals surface area contributed by atoms with E-state index in [0.29, 0.717) is 0 Å². The van der Waals surface area contributed by atoms with Crippen molar-refractivity contribution in [1.82, 2.24) is 9.80 Å². The second-order valence-electron chi connectivity index (χ2n) is 12.1. The fourth-order valence-electron chi connectivity index (χ4n) is 4.95. The molecule has 0 saturated carbocycles. The molecular formula is C24H50N2O4Sn. The topological polar surface area (TPSA) is 43.4 Å². The Balaban J connectivity index is 2.35. The van der Waals surface area contributed by atoms with Crippen LogP contribution in [-0.4, -0.2) is 91.5 Å². The van der Waals surface area contributed by atoms with Crippen molar-refractivity contribution in [2.45, 2.75) is 117 Å². The zero-order valence-corrected chi connectivity index (χ0v) is 25.0. The van der Waals surface area contributed by atoms with Gasteiger partial charge in [-0.3, -0.25) is 0 Å². The normalized spacial score (nSPS) is 28.5. The first-order valence-electron chi connectivity index (χ1n) is 12.4. The average molecular weight is 549 g/mol. The van der Waals surface area contributed by atoms with E-state index in [4.69, 9.17) is 12.3 Å². The summed E-state index contributed by atoms with van der Waals surface area (Å²) in [5.74, 6) is 0. The van der Waals surface area contributed by atoms with Crippen LogP contribution in [0.15, 0.2) is 0 Å². The standard InChI is InChI=1S/2C12H25NO2.Sn/c2*1-6-7-8-13(9-11(2,3)14)10-12(4,5)15;/h2*6-10H2,1-5H3;/q2*-2;+4. The molecule has 0 atom stereocenters. The van der Waals surface area contributed by atoms with Crippen molar-refractivity contribution in [2.24, 2.45) is 0 Å². The predicted octanol–water partition coefficient (Wildman–Crippen LogP) is 4.83. The molecule has 0 aliphatic carbocycles. The van der Waals surface area contributed by atoms with E-state index >= 15 is 0 Å². The molecule has 0 unspecified atom stereocenters. The van der Waals surface area contributed by atoms with Crippen LogP contribution < -0.4 is 0 Å². The van der Waals surface area contributed by atoms with Gasteiger partial charge in [-0.2, -0.15) is 0 Å². The van der Waals surface area contributed by atoms with Crippen LogP contribution >= 0.6 is 0 Å². The van der Waals surface area contributed by atoms with Crippen LogP contribution in [-0.2, 0) is 12.3 Å². The molecule has 0 bridgehead atoms. The Kier molecular flexibility index (Phi) is 9.37. The average Bonchev–Trinajstić information content (AvgIpc) is 2.51. The molecule has 6 nitrogen and oxygen atoms in total. The van der Waals surface area contributed by atoms with Gasteiger partial charge in [0.1, 0.15) is 0 Å². The van der Waals surface area contributed by atoms with E-state index in [1.54, 1.807) is 0 Å². The first kappa shape index (κ1) is 27.8. The zero-order valence-electron chi connectivity index (χ0n) is 22.1. The third kappa shape index (κ3) is 9.02. The zero-order chi connectivity index (χ0) is 23.6. The number of rotatable bonds is 6. The molecule has 2 heterocycles. The number of hydrogen-bond acceptors (Lipinski definition) is 6. The Hall–Kier alpha value is 0.559. The molecule has 2 saturated heterocycles. The molecule has 0 N–H and O–H groups in total. The summed E-state index contributed by atoms with van der Waals surface area (Å²) in [5, 5.41) is 0. The Bertz CT molecular complexity index is 486. The molecular weight excluding hydrogens is 499 g/mol. The van der Waals surface area contributed by atoms with Gasteiger partial charge in [0.2, 0.25) is 0 Å². The Morgan fingerprint density at radius 2 is 0.806 bits per heavy atom. The number of nitrogens with zero attached hydrogens (tertiary/aromatic N) is 2. The number of hydrogen-bond donors (Lipinski definition) is 0. The Labute approximate surface area is 198 Å². The van der Waals surface area contributed by atoms with E-state index in [1.807, 2.05) is 0 Å². The summed E-state index contributed by atoms with van der Waals surface area (Å²) in [6.07, 6.45) is 4.74. The fraction of sp³-hybridized carbons (Fsp3) is 1.00. The molecule has 0 aromatic heterocycles. The monoisotopic (exact) mass is 550 g/mol. The van der Waals surface area contributed by atoms with Crippen molar-refractivity contribution < 1.29 is 12.3 Å². The quantitative estimate of drug-likeness (QED) is 0.443. The molecule has 2 aliphatic rings. The van der Waals surface area contributed by atoms with Gasteiger partial charge < -0.3 is 0 Å². The van der Waals surface area contributed by atoms with Crippen LogP contribution in [0.3, 0.4) is 0 Å². The molecule has 2 rings (SSSR count). The van der Waals surface area contributed by atoms with Crippen LogP contribution in [0.5, 0.6) is 0 Å². The molecule has 31 heavy (non-hydrogen) atoms. The molecule has 0 aromatic carbocycles. The van der Waals surface area contributed by atoms with E-state index in [2.05, 4.69) is 79.0 Å². The van der Waals surface area contributed by atoms with Gasteiger partial charge in [0.25, 0.3) is 0 Å². The third-order valence-corrected chi connectivity index (χ3v) is 14.8. The van der Waals surface area contributed by atoms with Crippen LogP contribution in [0.25, 0.3) is 0 Å². The Morgan fingerprint density at radius 1 is 0.548 bits per heavy atom. The molecule has 0 radical (unpaired) electrons. The second kappa shape index (κ2) is 10.4. The fourth-order valence-corrected chi connectivity index (χ4v) is 14.1. The molecule has 184 valence electrons. The molecule has 7 heteroatoms. The van der Waals surface area contributed by atoms with Gasteiger partial charge in [0, 0.05) is 0 Å². The van der Waals surface area contributed by atoms with Gasteiger partial charge >= 0.3 is 199 Å². The van der Waals surface area contributed by atoms with E-state index in [0.717, 1.165) is 39.3 Å². The molecule has 0 aromatic rings. The summed E-state index contributed by atoms with van der Waals surface area (Å²) >= 11 is -4.43. The SMILES string of the molecule is CCCCN1CC(C)(C)[O][Sn]2([O]C(C)(C)C1)[O]C(C)(C)CN(CCCC)CC(C)(C)[O]2. The van der Waals surface area contributed by atoms with Gasteiger partial charge in [-0.05, 0) is 0 Å². The van der Waals surface area contributed by atoms with Gasteiger partial charge in [-0.1, -0.05) is 0 Å². The van der Waals surface area contributed by atoms with Crippen molar-refractivity contribution in [3.05, 3.63) is 0 Å². The van der Waals surface area contributed by atoms with Gasteiger partial charge in [0.15, 0.2) is 0 Å². The van der Waals surface area contributed by atoms with Crippen molar-refractivity contribution >= 4 is 20.0 Å². The predicted molar refractivity (Wildman–Crippen MR) is 129 cm³/mol. The maximum atomic E-state index is 6.86. The summed E-state index contributed by atoms with van der Waals surface area (Å²) in [6.45, 7) is 27.3. The van der Waals surface area contributed by atoms with E-state index < -0.39 is 42.4 Å². The first-order chi connectivity index (χ1) is 14.1. The molecule has 0 amide bonds. The summed E-state index contributed by atoms with van der Waals surface area (Å²) in [5.41, 5.74) is -1.58. The van der Waals surface area contributed by atoms with Crippen LogP contribution in [0.1, 0.15) is 94.9 Å². The van der Waals surface area contributed by atoms with Gasteiger partial charge in [-0.15, -0.1) is 0 Å². The maximum absolute atomic E-state index is 6.86. The summed E-state index contributed by atoms with van der Waals surface area (Å²) < 4.78 is 27.4. The molecule has 2 fully saturated rings. The first-order valence-corrected chi connectivity index (χ1v) is 17.0. The van der Waals surface area contributed by atoms with Crippen molar-refractivity contribution in [3.63, 3.8) is 0 Å².